The number of aromatic nitrogens is 2. The number of anilines is 2. The fourth-order valence-electron chi connectivity index (χ4n) is 3.63. The van der Waals surface area contributed by atoms with Crippen molar-refractivity contribution < 1.29 is 9.18 Å². The van der Waals surface area contributed by atoms with Crippen molar-refractivity contribution in [2.45, 2.75) is 39.2 Å². The summed E-state index contributed by atoms with van der Waals surface area (Å²) in [4.78, 5) is 12.7. The third-order valence-electron chi connectivity index (χ3n) is 5.33. The molecule has 0 radical (unpaired) electrons. The van der Waals surface area contributed by atoms with Gasteiger partial charge < -0.3 is 10.6 Å². The van der Waals surface area contributed by atoms with Crippen molar-refractivity contribution >= 4 is 17.5 Å². The second-order valence-corrected chi connectivity index (χ2v) is 8.88. The summed E-state index contributed by atoms with van der Waals surface area (Å²) in [6.07, 6.45) is 0.931. The third kappa shape index (κ3) is 4.63. The molecule has 3 N–H and O–H groups in total. The van der Waals surface area contributed by atoms with Crippen LogP contribution in [0.4, 0.5) is 20.7 Å². The largest absolute Gasteiger partial charge is 0.324 e. The van der Waals surface area contributed by atoms with Crippen molar-refractivity contribution in [1.82, 2.24) is 15.1 Å². The smallest absolute Gasteiger partial charge is 0.312 e. The second kappa shape index (κ2) is 8.44. The van der Waals surface area contributed by atoms with E-state index in [2.05, 4.69) is 48.9 Å². The summed E-state index contributed by atoms with van der Waals surface area (Å²) in [5.74, 6) is -0.0961. The Bertz CT molecular complexity index is 1220. The quantitative estimate of drug-likeness (QED) is 0.569. The van der Waals surface area contributed by atoms with Gasteiger partial charge in [-0.15, -0.1) is 0 Å². The van der Waals surface area contributed by atoms with E-state index in [0.29, 0.717) is 5.82 Å². The molecule has 1 aromatic heterocycles. The number of carbonyl (C=O) groups is 1. The molecule has 0 spiro atoms. The van der Waals surface area contributed by atoms with E-state index in [1.54, 1.807) is 4.68 Å². The SMILES string of the molecule is CC(C)(C)c1cc(NC(=O)Nc2cc(F)cc(C#N)c2)n(-c2ccc3c(c2)CCNC3)n1. The van der Waals surface area contributed by atoms with Crippen LogP contribution in [-0.4, -0.2) is 22.4 Å². The zero-order chi connectivity index (χ0) is 22.9. The lowest BCUT2D eigenvalue weighted by atomic mass is 9.92. The van der Waals surface area contributed by atoms with Gasteiger partial charge in [-0.3, -0.25) is 5.32 Å². The lowest BCUT2D eigenvalue weighted by Gasteiger charge is -2.18. The number of hydrogen-bond acceptors (Lipinski definition) is 4. The molecule has 2 amide bonds. The Morgan fingerprint density at radius 3 is 2.72 bits per heavy atom. The van der Waals surface area contributed by atoms with Crippen LogP contribution in [0.15, 0.2) is 42.5 Å². The second-order valence-electron chi connectivity index (χ2n) is 8.88. The number of urea groups is 1. The fraction of sp³-hybridized carbons (Fsp3) is 0.292. The van der Waals surface area contributed by atoms with Crippen LogP contribution in [0.2, 0.25) is 0 Å². The van der Waals surface area contributed by atoms with Crippen LogP contribution in [0, 0.1) is 17.1 Å². The first-order chi connectivity index (χ1) is 15.2. The Labute approximate surface area is 186 Å². The van der Waals surface area contributed by atoms with E-state index in [4.69, 9.17) is 10.4 Å². The van der Waals surface area contributed by atoms with E-state index in [9.17, 15) is 9.18 Å². The molecule has 0 fully saturated rings. The number of hydrogen-bond donors (Lipinski definition) is 3. The Morgan fingerprint density at radius 1 is 1.16 bits per heavy atom. The fourth-order valence-corrected chi connectivity index (χ4v) is 3.63. The van der Waals surface area contributed by atoms with Gasteiger partial charge in [-0.1, -0.05) is 26.8 Å². The third-order valence-corrected chi connectivity index (χ3v) is 5.33. The van der Waals surface area contributed by atoms with Crippen molar-refractivity contribution in [3.8, 4) is 11.8 Å². The van der Waals surface area contributed by atoms with E-state index in [0.717, 1.165) is 43.0 Å². The Kier molecular flexibility index (Phi) is 5.68. The Hall–Kier alpha value is -3.70. The molecule has 164 valence electrons. The number of nitriles is 1. The molecule has 7 nitrogen and oxygen atoms in total. The molecule has 8 heteroatoms. The summed E-state index contributed by atoms with van der Waals surface area (Å²) in [5.41, 5.74) is 4.30. The summed E-state index contributed by atoms with van der Waals surface area (Å²) >= 11 is 0. The molecule has 0 atom stereocenters. The molecule has 2 aromatic carbocycles. The van der Waals surface area contributed by atoms with Gasteiger partial charge in [0.1, 0.15) is 11.6 Å². The van der Waals surface area contributed by atoms with Crippen LogP contribution in [0.25, 0.3) is 5.69 Å². The van der Waals surface area contributed by atoms with E-state index >= 15 is 0 Å². The monoisotopic (exact) mass is 432 g/mol. The first kappa shape index (κ1) is 21.5. The van der Waals surface area contributed by atoms with Crippen molar-refractivity contribution in [2.24, 2.45) is 0 Å². The summed E-state index contributed by atoms with van der Waals surface area (Å²) in [7, 11) is 0. The molecule has 0 saturated carbocycles. The predicted molar refractivity (Wildman–Crippen MR) is 121 cm³/mol. The zero-order valence-electron chi connectivity index (χ0n) is 18.3. The first-order valence-corrected chi connectivity index (χ1v) is 10.4. The number of nitrogens with one attached hydrogen (secondary N) is 3. The standard InChI is InChI=1S/C24H25FN6O/c1-24(2,3)21-12-22(29-23(32)28-19-9-15(13-26)8-18(25)11-19)31(30-21)20-5-4-17-14-27-7-6-16(17)10-20/h4-5,8-12,27H,6-7,14H2,1-3H3,(H2,28,29,32). The molecule has 0 aliphatic carbocycles. The predicted octanol–water partition coefficient (Wildman–Crippen LogP) is 4.47. The van der Waals surface area contributed by atoms with Crippen molar-refractivity contribution in [2.75, 3.05) is 17.2 Å². The number of amides is 2. The van der Waals surface area contributed by atoms with Crippen molar-refractivity contribution in [3.63, 3.8) is 0 Å². The minimum atomic E-state index is -0.594. The van der Waals surface area contributed by atoms with Gasteiger partial charge in [0.2, 0.25) is 0 Å². The van der Waals surface area contributed by atoms with Crippen molar-refractivity contribution in [3.05, 3.63) is 70.7 Å². The molecular weight excluding hydrogens is 407 g/mol. The number of nitrogens with zero attached hydrogens (tertiary/aromatic N) is 3. The van der Waals surface area contributed by atoms with Gasteiger partial charge in [0.15, 0.2) is 0 Å². The lowest BCUT2D eigenvalue weighted by Crippen LogP contribution is -2.24. The molecule has 1 aliphatic heterocycles. The highest BCUT2D eigenvalue weighted by Gasteiger charge is 2.22. The van der Waals surface area contributed by atoms with E-state index < -0.39 is 11.8 Å². The summed E-state index contributed by atoms with van der Waals surface area (Å²) in [5, 5.41) is 22.6. The van der Waals surface area contributed by atoms with E-state index in [1.807, 2.05) is 18.2 Å². The normalized spacial score (nSPS) is 13.2. The lowest BCUT2D eigenvalue weighted by molar-refractivity contribution is 0.262. The molecule has 1 aliphatic rings. The van der Waals surface area contributed by atoms with Crippen LogP contribution in [-0.2, 0) is 18.4 Å². The van der Waals surface area contributed by atoms with Gasteiger partial charge in [-0.05, 0) is 54.4 Å². The molecule has 3 aromatic rings. The minimum Gasteiger partial charge on any atom is -0.312 e. The number of rotatable bonds is 3. The maximum absolute atomic E-state index is 13.7. The molecule has 0 bridgehead atoms. The van der Waals surface area contributed by atoms with Gasteiger partial charge in [0, 0.05) is 23.7 Å². The van der Waals surface area contributed by atoms with Gasteiger partial charge in [-0.25, -0.2) is 13.9 Å². The van der Waals surface area contributed by atoms with Crippen molar-refractivity contribution in [1.29, 1.82) is 5.26 Å². The summed E-state index contributed by atoms with van der Waals surface area (Å²) in [6, 6.07) is 13.0. The van der Waals surface area contributed by atoms with Crippen LogP contribution < -0.4 is 16.0 Å². The van der Waals surface area contributed by atoms with Crippen LogP contribution in [0.1, 0.15) is 43.2 Å². The Morgan fingerprint density at radius 2 is 1.97 bits per heavy atom. The molecule has 0 saturated heterocycles. The van der Waals surface area contributed by atoms with Crippen LogP contribution in [0.3, 0.4) is 0 Å². The number of carbonyl (C=O) groups excluding carboxylic acids is 1. The summed E-state index contributed by atoms with van der Waals surface area (Å²) < 4.78 is 15.4. The van der Waals surface area contributed by atoms with Gasteiger partial charge >= 0.3 is 6.03 Å². The maximum Gasteiger partial charge on any atom is 0.324 e. The highest BCUT2D eigenvalue weighted by Crippen LogP contribution is 2.28. The van der Waals surface area contributed by atoms with Crippen LogP contribution in [0.5, 0.6) is 0 Å². The molecule has 0 unspecified atom stereocenters. The average molecular weight is 433 g/mol. The number of fused-ring (bicyclic) bond motifs is 1. The zero-order valence-corrected chi connectivity index (χ0v) is 18.3. The van der Waals surface area contributed by atoms with E-state index in [1.165, 1.54) is 17.2 Å². The number of halogens is 1. The highest BCUT2D eigenvalue weighted by atomic mass is 19.1. The van der Waals surface area contributed by atoms with Gasteiger partial charge in [-0.2, -0.15) is 10.4 Å². The maximum atomic E-state index is 13.7. The summed E-state index contributed by atoms with van der Waals surface area (Å²) in [6.45, 7) is 7.93. The average Bonchev–Trinajstić information content (AvgIpc) is 3.17. The first-order valence-electron chi connectivity index (χ1n) is 10.4. The Balaban J connectivity index is 1.65. The molecular formula is C24H25FN6O. The van der Waals surface area contributed by atoms with Gasteiger partial charge in [0.05, 0.1) is 23.0 Å². The number of benzene rings is 2. The van der Waals surface area contributed by atoms with E-state index in [-0.39, 0.29) is 16.7 Å². The highest BCUT2D eigenvalue weighted by molar-refractivity contribution is 5.99. The topological polar surface area (TPSA) is 94.8 Å². The molecule has 2 heterocycles. The van der Waals surface area contributed by atoms with Crippen LogP contribution >= 0.6 is 0 Å². The molecule has 32 heavy (non-hydrogen) atoms. The minimum absolute atomic E-state index is 0.129. The molecule has 4 rings (SSSR count). The van der Waals surface area contributed by atoms with Gasteiger partial charge in [0.25, 0.3) is 0 Å².